The molecule has 2 heterocycles. The van der Waals surface area contributed by atoms with Crippen molar-refractivity contribution >= 4 is 31.7 Å². The Kier molecular flexibility index (Phi) is 5.79. The number of amides is 1. The third-order valence-electron chi connectivity index (χ3n) is 4.37. The lowest BCUT2D eigenvalue weighted by Crippen LogP contribution is -2.43. The van der Waals surface area contributed by atoms with Crippen molar-refractivity contribution in [1.82, 2.24) is 14.7 Å². The molecule has 1 unspecified atom stereocenters. The van der Waals surface area contributed by atoms with Crippen molar-refractivity contribution in [2.75, 3.05) is 31.8 Å². The maximum atomic E-state index is 13.0. The molecule has 1 atom stereocenters. The van der Waals surface area contributed by atoms with Gasteiger partial charge in [0, 0.05) is 30.4 Å². The first-order valence-corrected chi connectivity index (χ1v) is 10.8. The Hall–Kier alpha value is -1.71. The summed E-state index contributed by atoms with van der Waals surface area (Å²) in [4.78, 5) is 14.6. The minimum absolute atomic E-state index is 0.00328. The van der Waals surface area contributed by atoms with Gasteiger partial charge in [0.25, 0.3) is 5.91 Å². The fourth-order valence-corrected chi connectivity index (χ4v) is 4.99. The summed E-state index contributed by atoms with van der Waals surface area (Å²) < 4.78 is 31.3. The van der Waals surface area contributed by atoms with Gasteiger partial charge in [-0.1, -0.05) is 15.9 Å². The fraction of sp³-hybridized carbons (Fsp3) is 0.412. The Bertz CT molecular complexity index is 880. The van der Waals surface area contributed by atoms with Gasteiger partial charge in [0.1, 0.15) is 0 Å². The molecule has 1 aromatic heterocycles. The van der Waals surface area contributed by atoms with Crippen molar-refractivity contribution in [3.8, 4) is 5.69 Å². The van der Waals surface area contributed by atoms with Gasteiger partial charge in [0.15, 0.2) is 9.84 Å². The van der Waals surface area contributed by atoms with Crippen molar-refractivity contribution in [2.24, 2.45) is 0 Å². The number of methoxy groups -OCH3 is 1. The molecule has 3 rings (SSSR count). The van der Waals surface area contributed by atoms with Gasteiger partial charge in [-0.15, -0.1) is 0 Å². The average molecular weight is 442 g/mol. The van der Waals surface area contributed by atoms with Crippen LogP contribution < -0.4 is 0 Å². The summed E-state index contributed by atoms with van der Waals surface area (Å²) in [6.07, 6.45) is 3.63. The Morgan fingerprint density at radius 3 is 2.73 bits per heavy atom. The molecule has 7 nitrogen and oxygen atoms in total. The number of nitrogens with zero attached hydrogens (tertiary/aromatic N) is 3. The number of aromatic nitrogens is 2. The highest BCUT2D eigenvalue weighted by Crippen LogP contribution is 2.21. The molecule has 140 valence electrons. The van der Waals surface area contributed by atoms with E-state index in [1.165, 1.54) is 6.20 Å². The highest BCUT2D eigenvalue weighted by molar-refractivity contribution is 9.10. The summed E-state index contributed by atoms with van der Waals surface area (Å²) in [6.45, 7) is 0.697. The van der Waals surface area contributed by atoms with Gasteiger partial charge in [-0.2, -0.15) is 5.10 Å². The number of hydrogen-bond donors (Lipinski definition) is 0. The zero-order valence-corrected chi connectivity index (χ0v) is 16.7. The van der Waals surface area contributed by atoms with Crippen LogP contribution in [-0.2, 0) is 14.6 Å². The second kappa shape index (κ2) is 7.89. The van der Waals surface area contributed by atoms with Gasteiger partial charge >= 0.3 is 0 Å². The smallest absolute Gasteiger partial charge is 0.257 e. The zero-order valence-electron chi connectivity index (χ0n) is 14.3. The molecule has 0 N–H and O–H groups in total. The number of carbonyl (C=O) groups excluding carboxylic acids is 1. The number of ether oxygens (including phenoxy) is 1. The van der Waals surface area contributed by atoms with Crippen molar-refractivity contribution in [3.63, 3.8) is 0 Å². The molecule has 0 spiro atoms. The SMILES string of the molecule is COCCN(C(=O)c1cnn(-c2ccc(Br)cc2)c1)C1CCS(=O)(=O)C1. The summed E-state index contributed by atoms with van der Waals surface area (Å²) in [5.74, 6) is -0.108. The topological polar surface area (TPSA) is 81.5 Å². The van der Waals surface area contributed by atoms with E-state index < -0.39 is 9.84 Å². The van der Waals surface area contributed by atoms with Gasteiger partial charge in [0.2, 0.25) is 0 Å². The van der Waals surface area contributed by atoms with Crippen LogP contribution in [0.25, 0.3) is 5.69 Å². The molecule has 1 aromatic carbocycles. The highest BCUT2D eigenvalue weighted by Gasteiger charge is 2.35. The summed E-state index contributed by atoms with van der Waals surface area (Å²) in [5.41, 5.74) is 1.26. The van der Waals surface area contributed by atoms with Crippen LogP contribution in [0.5, 0.6) is 0 Å². The lowest BCUT2D eigenvalue weighted by atomic mass is 10.2. The largest absolute Gasteiger partial charge is 0.383 e. The van der Waals surface area contributed by atoms with Crippen LogP contribution in [0.4, 0.5) is 0 Å². The lowest BCUT2D eigenvalue weighted by Gasteiger charge is -2.27. The number of carbonyl (C=O) groups is 1. The number of rotatable bonds is 6. The quantitative estimate of drug-likeness (QED) is 0.683. The molecule has 0 bridgehead atoms. The molecule has 1 aliphatic heterocycles. The van der Waals surface area contributed by atoms with E-state index in [1.807, 2.05) is 24.3 Å². The fourth-order valence-electron chi connectivity index (χ4n) is 2.99. The van der Waals surface area contributed by atoms with E-state index in [0.717, 1.165) is 10.2 Å². The highest BCUT2D eigenvalue weighted by atomic mass is 79.9. The normalized spacial score (nSPS) is 18.8. The van der Waals surface area contributed by atoms with Crippen LogP contribution >= 0.6 is 15.9 Å². The molecule has 2 aromatic rings. The Balaban J connectivity index is 1.81. The van der Waals surface area contributed by atoms with E-state index in [-0.39, 0.29) is 23.5 Å². The number of benzene rings is 1. The van der Waals surface area contributed by atoms with Gasteiger partial charge in [-0.3, -0.25) is 4.79 Å². The third kappa shape index (κ3) is 4.33. The second-order valence-electron chi connectivity index (χ2n) is 6.20. The van der Waals surface area contributed by atoms with Gasteiger partial charge < -0.3 is 9.64 Å². The van der Waals surface area contributed by atoms with Crippen LogP contribution in [0.3, 0.4) is 0 Å². The molecule has 1 aliphatic rings. The average Bonchev–Trinajstić information content (AvgIpc) is 3.23. The molecule has 9 heteroatoms. The zero-order chi connectivity index (χ0) is 18.7. The molecule has 0 saturated carbocycles. The van der Waals surface area contributed by atoms with E-state index in [4.69, 9.17) is 4.74 Å². The van der Waals surface area contributed by atoms with Crippen molar-refractivity contribution in [2.45, 2.75) is 12.5 Å². The first kappa shape index (κ1) is 19.1. The summed E-state index contributed by atoms with van der Waals surface area (Å²) in [6, 6.07) is 7.24. The van der Waals surface area contributed by atoms with Gasteiger partial charge in [0.05, 0.1) is 35.6 Å². The van der Waals surface area contributed by atoms with Crippen molar-refractivity contribution < 1.29 is 17.9 Å². The summed E-state index contributed by atoms with van der Waals surface area (Å²) in [5, 5.41) is 4.26. The van der Waals surface area contributed by atoms with E-state index in [9.17, 15) is 13.2 Å². The first-order chi connectivity index (χ1) is 12.4. The summed E-state index contributed by atoms with van der Waals surface area (Å²) >= 11 is 3.38. The number of sulfone groups is 1. The molecule has 0 radical (unpaired) electrons. The number of hydrogen-bond acceptors (Lipinski definition) is 5. The summed E-state index contributed by atoms with van der Waals surface area (Å²) in [7, 11) is -1.53. The van der Waals surface area contributed by atoms with Crippen molar-refractivity contribution in [1.29, 1.82) is 0 Å². The van der Waals surface area contributed by atoms with Gasteiger partial charge in [-0.25, -0.2) is 13.1 Å². The van der Waals surface area contributed by atoms with Crippen LogP contribution in [0.15, 0.2) is 41.1 Å². The van der Waals surface area contributed by atoms with E-state index >= 15 is 0 Å². The van der Waals surface area contributed by atoms with Crippen LogP contribution in [0.2, 0.25) is 0 Å². The van der Waals surface area contributed by atoms with Crippen LogP contribution in [0, 0.1) is 0 Å². The molecule has 1 fully saturated rings. The monoisotopic (exact) mass is 441 g/mol. The predicted molar refractivity (Wildman–Crippen MR) is 101 cm³/mol. The van der Waals surface area contributed by atoms with E-state index in [0.29, 0.717) is 25.1 Å². The predicted octanol–water partition coefficient (Wildman–Crippen LogP) is 1.91. The van der Waals surface area contributed by atoms with E-state index in [2.05, 4.69) is 21.0 Å². The molecule has 26 heavy (non-hydrogen) atoms. The molecular formula is C17H20BrN3O4S. The maximum absolute atomic E-state index is 13.0. The molecule has 1 saturated heterocycles. The van der Waals surface area contributed by atoms with E-state index in [1.54, 1.807) is 22.9 Å². The second-order valence-corrected chi connectivity index (χ2v) is 9.34. The molecular weight excluding hydrogens is 422 g/mol. The minimum atomic E-state index is -3.08. The Morgan fingerprint density at radius 2 is 2.12 bits per heavy atom. The first-order valence-electron chi connectivity index (χ1n) is 8.20. The third-order valence-corrected chi connectivity index (χ3v) is 6.65. The molecule has 1 amide bonds. The van der Waals surface area contributed by atoms with Crippen LogP contribution in [-0.4, -0.2) is 66.8 Å². The van der Waals surface area contributed by atoms with Gasteiger partial charge in [-0.05, 0) is 30.7 Å². The minimum Gasteiger partial charge on any atom is -0.383 e. The Labute approximate surface area is 161 Å². The standard InChI is InChI=1S/C17H20BrN3O4S/c1-25-8-7-20(16-6-9-26(23,24)12-16)17(22)13-10-19-21(11-13)15-4-2-14(18)3-5-15/h2-5,10-11,16H,6-9,12H2,1H3. The molecule has 0 aliphatic carbocycles. The van der Waals surface area contributed by atoms with Crippen molar-refractivity contribution in [3.05, 3.63) is 46.7 Å². The lowest BCUT2D eigenvalue weighted by molar-refractivity contribution is 0.0624. The van der Waals surface area contributed by atoms with Crippen LogP contribution in [0.1, 0.15) is 16.8 Å². The maximum Gasteiger partial charge on any atom is 0.257 e. The number of halogens is 1. The Morgan fingerprint density at radius 1 is 1.38 bits per heavy atom.